The third-order valence-electron chi connectivity index (χ3n) is 4.06. The summed E-state index contributed by atoms with van der Waals surface area (Å²) < 4.78 is 2.08. The first kappa shape index (κ1) is 12.7. The van der Waals surface area contributed by atoms with Crippen molar-refractivity contribution < 1.29 is 0 Å². The van der Waals surface area contributed by atoms with E-state index in [-0.39, 0.29) is 0 Å². The predicted octanol–water partition coefficient (Wildman–Crippen LogP) is 3.37. The molecule has 102 valence electrons. The highest BCUT2D eigenvalue weighted by molar-refractivity contribution is 5.61. The number of hydrogen-bond acceptors (Lipinski definition) is 3. The zero-order valence-electron chi connectivity index (χ0n) is 11.4. The van der Waals surface area contributed by atoms with Gasteiger partial charge in [0.2, 0.25) is 0 Å². The van der Waals surface area contributed by atoms with Crippen LogP contribution in [0.15, 0.2) is 30.6 Å². The molecule has 1 aliphatic carbocycles. The second kappa shape index (κ2) is 5.38. The van der Waals surface area contributed by atoms with Crippen LogP contribution in [0, 0.1) is 11.3 Å². The molecule has 3 rings (SSSR count). The van der Waals surface area contributed by atoms with E-state index in [0.717, 1.165) is 11.5 Å². The molecule has 1 aromatic carbocycles. The van der Waals surface area contributed by atoms with Gasteiger partial charge in [-0.25, -0.2) is 4.98 Å². The highest BCUT2D eigenvalue weighted by Crippen LogP contribution is 2.33. The van der Waals surface area contributed by atoms with E-state index in [1.807, 2.05) is 18.5 Å². The van der Waals surface area contributed by atoms with Gasteiger partial charge in [-0.1, -0.05) is 19.3 Å². The Balaban J connectivity index is 1.99. The summed E-state index contributed by atoms with van der Waals surface area (Å²) in [7, 11) is 0. The molecule has 4 heteroatoms. The maximum atomic E-state index is 8.92. The first-order valence-corrected chi connectivity index (χ1v) is 7.13. The van der Waals surface area contributed by atoms with Gasteiger partial charge >= 0.3 is 0 Å². The maximum Gasteiger partial charge on any atom is 0.116 e. The van der Waals surface area contributed by atoms with Crippen LogP contribution in [-0.4, -0.2) is 9.55 Å². The van der Waals surface area contributed by atoms with E-state index in [4.69, 9.17) is 11.0 Å². The molecule has 0 spiro atoms. The lowest BCUT2D eigenvalue weighted by Crippen LogP contribution is -2.12. The molecule has 0 unspecified atom stereocenters. The van der Waals surface area contributed by atoms with Gasteiger partial charge in [0, 0.05) is 18.3 Å². The molecule has 1 aliphatic rings. The highest BCUT2D eigenvalue weighted by atomic mass is 15.1. The molecule has 1 fully saturated rings. The van der Waals surface area contributed by atoms with Gasteiger partial charge in [-0.15, -0.1) is 0 Å². The molecular weight excluding hydrogens is 248 g/mol. The smallest absolute Gasteiger partial charge is 0.116 e. The van der Waals surface area contributed by atoms with Crippen LogP contribution in [0.25, 0.3) is 5.69 Å². The van der Waals surface area contributed by atoms with E-state index in [1.54, 1.807) is 12.1 Å². The lowest BCUT2D eigenvalue weighted by molar-refractivity contribution is 0.425. The van der Waals surface area contributed by atoms with Crippen LogP contribution in [0.3, 0.4) is 0 Å². The van der Waals surface area contributed by atoms with Crippen molar-refractivity contribution in [1.29, 1.82) is 5.26 Å². The number of nitrogens with zero attached hydrogens (tertiary/aromatic N) is 3. The van der Waals surface area contributed by atoms with E-state index >= 15 is 0 Å². The monoisotopic (exact) mass is 266 g/mol. The molecule has 20 heavy (non-hydrogen) atoms. The lowest BCUT2D eigenvalue weighted by Gasteiger charge is -2.22. The van der Waals surface area contributed by atoms with Crippen molar-refractivity contribution in [3.05, 3.63) is 42.0 Å². The SMILES string of the molecule is N#Cc1ccc(-n2ccnc2C2CCCCC2)c(N)c1. The van der Waals surface area contributed by atoms with E-state index in [0.29, 0.717) is 17.2 Å². The van der Waals surface area contributed by atoms with Crippen LogP contribution in [0.2, 0.25) is 0 Å². The Morgan fingerprint density at radius 1 is 1.25 bits per heavy atom. The minimum absolute atomic E-state index is 0.522. The van der Waals surface area contributed by atoms with Gasteiger partial charge in [0.05, 0.1) is 23.0 Å². The summed E-state index contributed by atoms with van der Waals surface area (Å²) in [6.07, 6.45) is 10.1. The molecule has 0 radical (unpaired) electrons. The van der Waals surface area contributed by atoms with Crippen LogP contribution in [0.4, 0.5) is 5.69 Å². The van der Waals surface area contributed by atoms with Gasteiger partial charge in [-0.05, 0) is 31.0 Å². The Kier molecular flexibility index (Phi) is 3.42. The van der Waals surface area contributed by atoms with Crippen LogP contribution < -0.4 is 5.73 Å². The summed E-state index contributed by atoms with van der Waals surface area (Å²) in [4.78, 5) is 4.54. The van der Waals surface area contributed by atoms with Crippen molar-refractivity contribution >= 4 is 5.69 Å². The number of benzene rings is 1. The first-order chi connectivity index (χ1) is 9.79. The second-order valence-electron chi connectivity index (χ2n) is 5.38. The van der Waals surface area contributed by atoms with Crippen molar-refractivity contribution in [3.63, 3.8) is 0 Å². The fourth-order valence-corrected chi connectivity index (χ4v) is 3.02. The van der Waals surface area contributed by atoms with Gasteiger partial charge in [0.1, 0.15) is 5.82 Å². The van der Waals surface area contributed by atoms with Crippen molar-refractivity contribution in [3.8, 4) is 11.8 Å². The molecule has 0 amide bonds. The standard InChI is InChI=1S/C16H18N4/c17-11-12-6-7-15(14(18)10-12)20-9-8-19-16(20)13-4-2-1-3-5-13/h6-10,13H,1-5,18H2. The average molecular weight is 266 g/mol. The summed E-state index contributed by atoms with van der Waals surface area (Å²) >= 11 is 0. The number of nitriles is 1. The summed E-state index contributed by atoms with van der Waals surface area (Å²) in [5, 5.41) is 8.92. The zero-order valence-corrected chi connectivity index (χ0v) is 11.4. The molecule has 0 saturated heterocycles. The van der Waals surface area contributed by atoms with Crippen LogP contribution in [-0.2, 0) is 0 Å². The Labute approximate surface area is 118 Å². The fraction of sp³-hybridized carbons (Fsp3) is 0.375. The molecule has 1 heterocycles. The quantitative estimate of drug-likeness (QED) is 0.847. The van der Waals surface area contributed by atoms with Crippen LogP contribution in [0.1, 0.15) is 49.4 Å². The Bertz CT molecular complexity index is 645. The predicted molar refractivity (Wildman–Crippen MR) is 78.5 cm³/mol. The third kappa shape index (κ3) is 2.27. The summed E-state index contributed by atoms with van der Waals surface area (Å²) in [5.74, 6) is 1.62. The largest absolute Gasteiger partial charge is 0.397 e. The second-order valence-corrected chi connectivity index (χ2v) is 5.38. The Hall–Kier alpha value is -2.28. The molecular formula is C16H18N4. The van der Waals surface area contributed by atoms with Crippen molar-refractivity contribution in [2.75, 3.05) is 5.73 Å². The zero-order chi connectivity index (χ0) is 13.9. The summed E-state index contributed by atoms with van der Waals surface area (Å²) in [5.41, 5.74) is 8.22. The topological polar surface area (TPSA) is 67.6 Å². The number of rotatable bonds is 2. The van der Waals surface area contributed by atoms with Crippen molar-refractivity contribution in [2.24, 2.45) is 0 Å². The molecule has 1 aromatic heterocycles. The lowest BCUT2D eigenvalue weighted by atomic mass is 9.88. The first-order valence-electron chi connectivity index (χ1n) is 7.13. The van der Waals surface area contributed by atoms with Gasteiger partial charge in [-0.3, -0.25) is 0 Å². The number of nitrogen functional groups attached to an aromatic ring is 1. The molecule has 0 bridgehead atoms. The van der Waals surface area contributed by atoms with Gasteiger partial charge in [-0.2, -0.15) is 5.26 Å². The molecule has 4 nitrogen and oxygen atoms in total. The molecule has 2 N–H and O–H groups in total. The van der Waals surface area contributed by atoms with E-state index in [2.05, 4.69) is 15.6 Å². The summed E-state index contributed by atoms with van der Waals surface area (Å²) in [6, 6.07) is 7.54. The minimum Gasteiger partial charge on any atom is -0.397 e. The van der Waals surface area contributed by atoms with E-state index < -0.39 is 0 Å². The maximum absolute atomic E-state index is 8.92. The van der Waals surface area contributed by atoms with Gasteiger partial charge in [0.25, 0.3) is 0 Å². The number of anilines is 1. The Morgan fingerprint density at radius 2 is 2.05 bits per heavy atom. The number of aromatic nitrogens is 2. The fourth-order valence-electron chi connectivity index (χ4n) is 3.02. The molecule has 0 atom stereocenters. The summed E-state index contributed by atoms with van der Waals surface area (Å²) in [6.45, 7) is 0. The van der Waals surface area contributed by atoms with Gasteiger partial charge < -0.3 is 10.3 Å². The van der Waals surface area contributed by atoms with E-state index in [1.165, 1.54) is 32.1 Å². The molecule has 2 aromatic rings. The normalized spacial score (nSPS) is 15.9. The third-order valence-corrected chi connectivity index (χ3v) is 4.06. The number of hydrogen-bond donors (Lipinski definition) is 1. The molecule has 0 aliphatic heterocycles. The molecule has 1 saturated carbocycles. The number of nitrogens with two attached hydrogens (primary N) is 1. The average Bonchev–Trinajstić information content (AvgIpc) is 2.97. The van der Waals surface area contributed by atoms with Crippen LogP contribution in [0.5, 0.6) is 0 Å². The highest BCUT2D eigenvalue weighted by Gasteiger charge is 2.21. The van der Waals surface area contributed by atoms with Gasteiger partial charge in [0.15, 0.2) is 0 Å². The van der Waals surface area contributed by atoms with Crippen molar-refractivity contribution in [1.82, 2.24) is 9.55 Å². The number of imidazole rings is 1. The van der Waals surface area contributed by atoms with Crippen molar-refractivity contribution in [2.45, 2.75) is 38.0 Å². The van der Waals surface area contributed by atoms with E-state index in [9.17, 15) is 0 Å². The minimum atomic E-state index is 0.522. The Morgan fingerprint density at radius 3 is 2.75 bits per heavy atom. The van der Waals surface area contributed by atoms with Crippen LogP contribution >= 0.6 is 0 Å².